The van der Waals surface area contributed by atoms with Gasteiger partial charge in [-0.15, -0.1) is 0 Å². The fraction of sp³-hybridized carbons (Fsp3) is 0.133. The van der Waals surface area contributed by atoms with E-state index in [2.05, 4.69) is 20.4 Å². The van der Waals surface area contributed by atoms with E-state index in [1.165, 1.54) is 22.1 Å². The smallest absolute Gasteiger partial charge is 0.358 e. The highest BCUT2D eigenvalue weighted by molar-refractivity contribution is 7.15. The summed E-state index contributed by atoms with van der Waals surface area (Å²) in [7, 11) is 0. The zero-order valence-corrected chi connectivity index (χ0v) is 13.9. The van der Waals surface area contributed by atoms with Gasteiger partial charge in [-0.25, -0.2) is 9.67 Å². The van der Waals surface area contributed by atoms with Crippen LogP contribution in [-0.4, -0.2) is 29.1 Å². The molecular formula is C15H13N7O2S. The zero-order chi connectivity index (χ0) is 17.4. The molecule has 25 heavy (non-hydrogen) atoms. The van der Waals surface area contributed by atoms with Crippen molar-refractivity contribution in [1.29, 1.82) is 0 Å². The average Bonchev–Trinajstić information content (AvgIpc) is 3.31. The molecule has 4 aromatic rings. The fourth-order valence-corrected chi connectivity index (χ4v) is 3.30. The maximum absolute atomic E-state index is 11.4. The Morgan fingerprint density at radius 1 is 1.32 bits per heavy atom. The Hall–Kier alpha value is -3.27. The first-order valence-corrected chi connectivity index (χ1v) is 8.33. The molecule has 126 valence electrons. The summed E-state index contributed by atoms with van der Waals surface area (Å²) in [5.41, 5.74) is 1.87. The van der Waals surface area contributed by atoms with Gasteiger partial charge in [0.1, 0.15) is 18.9 Å². The van der Waals surface area contributed by atoms with E-state index in [-0.39, 0.29) is 17.7 Å². The molecule has 4 rings (SSSR count). The van der Waals surface area contributed by atoms with E-state index in [4.69, 9.17) is 0 Å². The molecular weight excluding hydrogens is 342 g/mol. The number of benzene rings is 1. The SMILES string of the molecule is C[C@H](Nc1nc2sccn2c1[N+](=O)[O-])c1ccc(-n2cncn2)cc1. The van der Waals surface area contributed by atoms with Gasteiger partial charge in [0, 0.05) is 5.38 Å². The number of hydrogen-bond donors (Lipinski definition) is 1. The van der Waals surface area contributed by atoms with Crippen LogP contribution in [0.4, 0.5) is 11.6 Å². The first kappa shape index (κ1) is 15.3. The topological polar surface area (TPSA) is 103 Å². The van der Waals surface area contributed by atoms with Crippen molar-refractivity contribution in [3.8, 4) is 5.69 Å². The van der Waals surface area contributed by atoms with Crippen molar-refractivity contribution in [3.05, 3.63) is 64.2 Å². The van der Waals surface area contributed by atoms with E-state index >= 15 is 0 Å². The highest BCUT2D eigenvalue weighted by atomic mass is 32.1. The molecule has 0 aliphatic carbocycles. The van der Waals surface area contributed by atoms with Crippen molar-refractivity contribution in [2.45, 2.75) is 13.0 Å². The number of thiazole rings is 1. The second kappa shape index (κ2) is 5.98. The number of nitrogens with one attached hydrogen (secondary N) is 1. The molecule has 3 heterocycles. The van der Waals surface area contributed by atoms with Crippen molar-refractivity contribution >= 4 is 27.9 Å². The molecule has 0 amide bonds. The number of imidazole rings is 1. The van der Waals surface area contributed by atoms with Crippen LogP contribution in [0.3, 0.4) is 0 Å². The summed E-state index contributed by atoms with van der Waals surface area (Å²) in [4.78, 5) is 19.8. The number of rotatable bonds is 5. The van der Waals surface area contributed by atoms with E-state index in [1.807, 2.05) is 31.2 Å². The van der Waals surface area contributed by atoms with Gasteiger partial charge in [0.05, 0.1) is 11.7 Å². The predicted octanol–water partition coefficient (Wildman–Crippen LogP) is 3.06. The molecule has 0 radical (unpaired) electrons. The Morgan fingerprint density at radius 2 is 2.12 bits per heavy atom. The molecule has 0 saturated heterocycles. The van der Waals surface area contributed by atoms with E-state index in [1.54, 1.807) is 22.6 Å². The first-order chi connectivity index (χ1) is 12.1. The quantitative estimate of drug-likeness (QED) is 0.436. The van der Waals surface area contributed by atoms with E-state index in [0.717, 1.165) is 11.3 Å². The third kappa shape index (κ3) is 2.72. The maximum Gasteiger partial charge on any atom is 0.372 e. The van der Waals surface area contributed by atoms with Gasteiger partial charge in [0.2, 0.25) is 5.82 Å². The highest BCUT2D eigenvalue weighted by Crippen LogP contribution is 2.30. The summed E-state index contributed by atoms with van der Waals surface area (Å²) >= 11 is 1.35. The maximum atomic E-state index is 11.4. The molecule has 0 aliphatic heterocycles. The van der Waals surface area contributed by atoms with Gasteiger partial charge >= 0.3 is 5.82 Å². The number of fused-ring (bicyclic) bond motifs is 1. The van der Waals surface area contributed by atoms with Crippen molar-refractivity contribution in [3.63, 3.8) is 0 Å². The van der Waals surface area contributed by atoms with Crippen LogP contribution in [0.25, 0.3) is 10.6 Å². The summed E-state index contributed by atoms with van der Waals surface area (Å²) in [6.45, 7) is 1.93. The van der Waals surface area contributed by atoms with Crippen LogP contribution in [0.5, 0.6) is 0 Å². The number of anilines is 1. The van der Waals surface area contributed by atoms with Crippen LogP contribution in [0.1, 0.15) is 18.5 Å². The number of nitrogens with zero attached hydrogens (tertiary/aromatic N) is 6. The molecule has 0 fully saturated rings. The summed E-state index contributed by atoms with van der Waals surface area (Å²) in [5.74, 6) is 0.215. The average molecular weight is 355 g/mol. The van der Waals surface area contributed by atoms with Gasteiger partial charge in [-0.2, -0.15) is 14.5 Å². The van der Waals surface area contributed by atoms with Crippen LogP contribution in [0.15, 0.2) is 48.5 Å². The van der Waals surface area contributed by atoms with Gasteiger partial charge in [-0.05, 0) is 29.5 Å². The molecule has 0 saturated carbocycles. The van der Waals surface area contributed by atoms with Crippen LogP contribution in [0.2, 0.25) is 0 Å². The van der Waals surface area contributed by atoms with E-state index < -0.39 is 4.92 Å². The molecule has 1 N–H and O–H groups in total. The largest absolute Gasteiger partial charge is 0.372 e. The van der Waals surface area contributed by atoms with Gasteiger partial charge in [0.15, 0.2) is 0 Å². The van der Waals surface area contributed by atoms with Crippen molar-refractivity contribution in [2.24, 2.45) is 0 Å². The Morgan fingerprint density at radius 3 is 2.80 bits per heavy atom. The third-order valence-corrected chi connectivity index (χ3v) is 4.60. The second-order valence-electron chi connectivity index (χ2n) is 5.39. The number of hydrogen-bond acceptors (Lipinski definition) is 7. The number of nitro groups is 1. The lowest BCUT2D eigenvalue weighted by atomic mass is 10.1. The van der Waals surface area contributed by atoms with E-state index in [0.29, 0.717) is 4.96 Å². The van der Waals surface area contributed by atoms with Crippen molar-refractivity contribution < 1.29 is 4.92 Å². The molecule has 0 bridgehead atoms. The minimum atomic E-state index is -0.421. The Kier molecular flexibility index (Phi) is 3.65. The molecule has 0 spiro atoms. The van der Waals surface area contributed by atoms with Crippen LogP contribution >= 0.6 is 11.3 Å². The van der Waals surface area contributed by atoms with Crippen LogP contribution < -0.4 is 5.32 Å². The molecule has 0 aliphatic rings. The number of aromatic nitrogens is 5. The monoisotopic (exact) mass is 355 g/mol. The minimum Gasteiger partial charge on any atom is -0.358 e. The second-order valence-corrected chi connectivity index (χ2v) is 6.27. The standard InChI is InChI=1S/C15H13N7O2S/c1-10(11-2-4-12(5-3-11)21-9-16-8-17-21)18-13-14(22(23)24)20-6-7-25-15(20)19-13/h2-10,18H,1H3/t10-/m0/s1. The molecule has 0 unspecified atom stereocenters. The van der Waals surface area contributed by atoms with Crippen LogP contribution in [-0.2, 0) is 0 Å². The minimum absolute atomic E-state index is 0.0534. The molecule has 10 heteroatoms. The lowest BCUT2D eigenvalue weighted by Crippen LogP contribution is -2.09. The molecule has 3 aromatic heterocycles. The normalized spacial score (nSPS) is 12.4. The summed E-state index contributed by atoms with van der Waals surface area (Å²) < 4.78 is 3.14. The van der Waals surface area contributed by atoms with Gasteiger partial charge in [0.25, 0.3) is 4.96 Å². The van der Waals surface area contributed by atoms with Gasteiger partial charge in [-0.3, -0.25) is 0 Å². The first-order valence-electron chi connectivity index (χ1n) is 7.45. The molecule has 9 nitrogen and oxygen atoms in total. The Balaban J connectivity index is 1.60. The molecule has 1 atom stereocenters. The zero-order valence-electron chi connectivity index (χ0n) is 13.1. The Labute approximate surface area is 145 Å². The highest BCUT2D eigenvalue weighted by Gasteiger charge is 2.24. The molecule has 1 aromatic carbocycles. The lowest BCUT2D eigenvalue weighted by Gasteiger charge is -2.14. The summed E-state index contributed by atoms with van der Waals surface area (Å²) in [6, 6.07) is 7.58. The predicted molar refractivity (Wildman–Crippen MR) is 93.1 cm³/mol. The lowest BCUT2D eigenvalue weighted by molar-refractivity contribution is -0.389. The van der Waals surface area contributed by atoms with Gasteiger partial charge in [-0.1, -0.05) is 23.5 Å². The van der Waals surface area contributed by atoms with Crippen LogP contribution in [0, 0.1) is 10.1 Å². The Bertz CT molecular complexity index is 1020. The fourth-order valence-electron chi connectivity index (χ4n) is 2.59. The van der Waals surface area contributed by atoms with Gasteiger partial charge < -0.3 is 15.4 Å². The van der Waals surface area contributed by atoms with Crippen molar-refractivity contribution in [2.75, 3.05) is 5.32 Å². The van der Waals surface area contributed by atoms with Crippen molar-refractivity contribution in [1.82, 2.24) is 24.1 Å². The summed E-state index contributed by atoms with van der Waals surface area (Å²) in [5, 5.41) is 20.4. The third-order valence-electron chi connectivity index (χ3n) is 3.84. The van der Waals surface area contributed by atoms with E-state index in [9.17, 15) is 10.1 Å². The summed E-state index contributed by atoms with van der Waals surface area (Å²) in [6.07, 6.45) is 4.74.